The number of nitriles is 1. The zero-order valence-electron chi connectivity index (χ0n) is 5.02. The van der Waals surface area contributed by atoms with Gasteiger partial charge in [0.25, 0.3) is 0 Å². The van der Waals surface area contributed by atoms with E-state index in [2.05, 4.69) is 6.07 Å². The lowest BCUT2D eigenvalue weighted by Gasteiger charge is -2.38. The fourth-order valence-corrected chi connectivity index (χ4v) is 0.910. The zero-order valence-corrected chi connectivity index (χ0v) is 5.02. The Morgan fingerprint density at radius 3 is 2.50 bits per heavy atom. The van der Waals surface area contributed by atoms with Crippen LogP contribution in [0.4, 0.5) is 0 Å². The molecule has 0 amide bonds. The van der Waals surface area contributed by atoms with Crippen molar-refractivity contribution in [3.8, 4) is 6.07 Å². The van der Waals surface area contributed by atoms with Gasteiger partial charge in [0.1, 0.15) is 7.85 Å². The van der Waals surface area contributed by atoms with Crippen LogP contribution in [0.3, 0.4) is 0 Å². The van der Waals surface area contributed by atoms with Gasteiger partial charge < -0.3 is 5.73 Å². The van der Waals surface area contributed by atoms with Gasteiger partial charge in [-0.1, -0.05) is 6.42 Å². The Balaban J connectivity index is 2.59. The van der Waals surface area contributed by atoms with Crippen molar-refractivity contribution in [2.45, 2.75) is 24.2 Å². The number of hydrogen-bond donors (Lipinski definition) is 1. The second kappa shape index (κ2) is 1.49. The summed E-state index contributed by atoms with van der Waals surface area (Å²) in [5.74, 6) is 0.410. The van der Waals surface area contributed by atoms with Crippen molar-refractivity contribution in [3.05, 3.63) is 0 Å². The summed E-state index contributed by atoms with van der Waals surface area (Å²) in [6.07, 6.45) is 1.99. The van der Waals surface area contributed by atoms with Crippen LogP contribution in [0.15, 0.2) is 0 Å². The lowest BCUT2D eigenvalue weighted by Crippen LogP contribution is -2.50. The fourth-order valence-electron chi connectivity index (χ4n) is 0.910. The molecular formula is C5H9BN2. The maximum absolute atomic E-state index is 8.44. The molecule has 42 valence electrons. The van der Waals surface area contributed by atoms with Crippen LogP contribution in [0.1, 0.15) is 12.8 Å². The first-order valence-electron chi connectivity index (χ1n) is 2.89. The van der Waals surface area contributed by atoms with Crippen molar-refractivity contribution in [2.24, 2.45) is 5.73 Å². The van der Waals surface area contributed by atoms with Crippen molar-refractivity contribution in [3.63, 3.8) is 0 Å². The van der Waals surface area contributed by atoms with E-state index in [1.807, 2.05) is 7.85 Å². The Hall–Kier alpha value is -0.485. The molecule has 2 atom stereocenters. The van der Waals surface area contributed by atoms with Crippen LogP contribution in [-0.2, 0) is 0 Å². The zero-order chi connectivity index (χ0) is 6.20. The molecule has 8 heavy (non-hydrogen) atoms. The van der Waals surface area contributed by atoms with Crippen LogP contribution >= 0.6 is 0 Å². The molecule has 0 spiro atoms. The SMILES string of the molecule is B[C@H]1CC[C@@]1(N)C#N. The molecule has 0 aromatic rings. The maximum atomic E-state index is 8.44. The highest BCUT2D eigenvalue weighted by molar-refractivity contribution is 6.13. The molecule has 0 radical (unpaired) electrons. The highest BCUT2D eigenvalue weighted by Gasteiger charge is 2.40. The van der Waals surface area contributed by atoms with Crippen molar-refractivity contribution in [2.75, 3.05) is 0 Å². The van der Waals surface area contributed by atoms with E-state index >= 15 is 0 Å². The average Bonchev–Trinajstić information content (AvgIpc) is 1.83. The van der Waals surface area contributed by atoms with Crippen LogP contribution < -0.4 is 5.73 Å². The molecule has 0 aliphatic heterocycles. The Kier molecular flexibility index (Phi) is 1.06. The first-order chi connectivity index (χ1) is 3.69. The number of rotatable bonds is 0. The Labute approximate surface area is 50.1 Å². The molecule has 0 saturated heterocycles. The summed E-state index contributed by atoms with van der Waals surface area (Å²) in [7, 11) is 2.02. The van der Waals surface area contributed by atoms with Crippen molar-refractivity contribution < 1.29 is 0 Å². The van der Waals surface area contributed by atoms with Gasteiger partial charge in [0, 0.05) is 0 Å². The second-order valence-electron chi connectivity index (χ2n) is 2.59. The summed E-state index contributed by atoms with van der Waals surface area (Å²) >= 11 is 0. The standard InChI is InChI=1S/C5H9BN2/c6-4-1-2-5(4,8)3-7/h4H,1-2,6,8H2/t4-,5+/m0/s1. The first kappa shape index (κ1) is 5.65. The molecule has 0 aromatic heterocycles. The molecule has 2 N–H and O–H groups in total. The van der Waals surface area contributed by atoms with E-state index in [1.165, 1.54) is 0 Å². The summed E-state index contributed by atoms with van der Waals surface area (Å²) in [5, 5.41) is 8.44. The van der Waals surface area contributed by atoms with Gasteiger partial charge in [0.15, 0.2) is 0 Å². The Morgan fingerprint density at radius 1 is 1.88 bits per heavy atom. The van der Waals surface area contributed by atoms with Gasteiger partial charge >= 0.3 is 0 Å². The molecule has 2 nitrogen and oxygen atoms in total. The van der Waals surface area contributed by atoms with Crippen molar-refractivity contribution in [1.82, 2.24) is 0 Å². The van der Waals surface area contributed by atoms with Gasteiger partial charge in [0.2, 0.25) is 0 Å². The van der Waals surface area contributed by atoms with E-state index in [4.69, 9.17) is 11.0 Å². The fraction of sp³-hybridized carbons (Fsp3) is 0.800. The Morgan fingerprint density at radius 2 is 2.50 bits per heavy atom. The third kappa shape index (κ3) is 0.534. The molecule has 0 heterocycles. The van der Waals surface area contributed by atoms with E-state index < -0.39 is 5.54 Å². The summed E-state index contributed by atoms with van der Waals surface area (Å²) < 4.78 is 0. The minimum Gasteiger partial charge on any atom is -0.314 e. The minimum absolute atomic E-state index is 0.410. The average molecular weight is 108 g/mol. The number of nitrogens with zero attached hydrogens (tertiary/aromatic N) is 1. The quantitative estimate of drug-likeness (QED) is 0.422. The van der Waals surface area contributed by atoms with E-state index in [9.17, 15) is 0 Å². The van der Waals surface area contributed by atoms with Gasteiger partial charge in [-0.3, -0.25) is 0 Å². The van der Waals surface area contributed by atoms with Gasteiger partial charge in [-0.05, 0) is 12.2 Å². The molecule has 1 saturated carbocycles. The predicted molar refractivity (Wildman–Crippen MR) is 34.1 cm³/mol. The monoisotopic (exact) mass is 108 g/mol. The van der Waals surface area contributed by atoms with Crippen LogP contribution in [0.2, 0.25) is 5.82 Å². The summed E-state index contributed by atoms with van der Waals surface area (Å²) in [6.45, 7) is 0. The van der Waals surface area contributed by atoms with Crippen molar-refractivity contribution in [1.29, 1.82) is 5.26 Å². The predicted octanol–water partition coefficient (Wildman–Crippen LogP) is -0.577. The third-order valence-electron chi connectivity index (χ3n) is 2.08. The van der Waals surface area contributed by atoms with E-state index in [-0.39, 0.29) is 0 Å². The lowest BCUT2D eigenvalue weighted by atomic mass is 9.58. The molecule has 1 aliphatic carbocycles. The Bertz CT molecular complexity index is 140. The third-order valence-corrected chi connectivity index (χ3v) is 2.08. The first-order valence-corrected chi connectivity index (χ1v) is 2.89. The van der Waals surface area contributed by atoms with Gasteiger partial charge in [0.05, 0.1) is 11.6 Å². The van der Waals surface area contributed by atoms with Crippen molar-refractivity contribution >= 4 is 7.85 Å². The number of nitrogens with two attached hydrogens (primary N) is 1. The van der Waals surface area contributed by atoms with E-state index in [1.54, 1.807) is 0 Å². The van der Waals surface area contributed by atoms with Gasteiger partial charge in [-0.15, -0.1) is 0 Å². The molecule has 3 heteroatoms. The number of hydrogen-bond acceptors (Lipinski definition) is 2. The molecule has 1 fully saturated rings. The van der Waals surface area contributed by atoms with Crippen LogP contribution in [0.25, 0.3) is 0 Å². The van der Waals surface area contributed by atoms with Gasteiger partial charge in [-0.25, -0.2) is 0 Å². The molecule has 1 rings (SSSR count). The molecule has 0 aromatic carbocycles. The molecule has 0 unspecified atom stereocenters. The summed E-state index contributed by atoms with van der Waals surface area (Å²) in [4.78, 5) is 0. The highest BCUT2D eigenvalue weighted by atomic mass is 14.8. The molecule has 0 bridgehead atoms. The highest BCUT2D eigenvalue weighted by Crippen LogP contribution is 2.38. The normalized spacial score (nSPS) is 44.8. The van der Waals surface area contributed by atoms with Crippen LogP contribution in [0.5, 0.6) is 0 Å². The van der Waals surface area contributed by atoms with E-state index in [0.717, 1.165) is 12.8 Å². The molecular weight excluding hydrogens is 98.9 g/mol. The summed E-state index contributed by atoms with van der Waals surface area (Å²) in [6, 6.07) is 2.11. The van der Waals surface area contributed by atoms with Crippen LogP contribution in [0, 0.1) is 11.3 Å². The smallest absolute Gasteiger partial charge is 0.109 e. The molecule has 1 aliphatic rings. The topological polar surface area (TPSA) is 49.8 Å². The summed E-state index contributed by atoms with van der Waals surface area (Å²) in [5.41, 5.74) is 5.11. The van der Waals surface area contributed by atoms with E-state index in [0.29, 0.717) is 5.82 Å². The minimum atomic E-state index is -0.472. The largest absolute Gasteiger partial charge is 0.314 e. The van der Waals surface area contributed by atoms with Crippen LogP contribution in [-0.4, -0.2) is 13.4 Å². The second-order valence-corrected chi connectivity index (χ2v) is 2.59. The maximum Gasteiger partial charge on any atom is 0.109 e. The van der Waals surface area contributed by atoms with Gasteiger partial charge in [-0.2, -0.15) is 5.26 Å². The lowest BCUT2D eigenvalue weighted by molar-refractivity contribution is 0.328.